The average molecular weight is 330 g/mol. The molecule has 0 saturated heterocycles. The molecule has 0 bridgehead atoms. The zero-order valence-electron chi connectivity index (χ0n) is 12.8. The maximum Gasteiger partial charge on any atom is 0.326 e. The molecule has 7 heteroatoms. The normalized spacial score (nSPS) is 12.5. The molecule has 22 heavy (non-hydrogen) atoms. The molecular weight excluding hydrogens is 310 g/mol. The first-order chi connectivity index (χ1) is 10.3. The molecule has 0 aromatic heterocycles. The Morgan fingerprint density at radius 1 is 1.41 bits per heavy atom. The second kappa shape index (κ2) is 8.00. The van der Waals surface area contributed by atoms with E-state index in [0.29, 0.717) is 10.8 Å². The van der Waals surface area contributed by atoms with Gasteiger partial charge in [0, 0.05) is 25.2 Å². The van der Waals surface area contributed by atoms with Crippen molar-refractivity contribution in [2.24, 2.45) is 0 Å². The van der Waals surface area contributed by atoms with Gasteiger partial charge in [0.25, 0.3) is 5.91 Å². The molecule has 1 rings (SSSR count). The molecule has 2 N–H and O–H groups in total. The molecule has 1 aromatic carbocycles. The summed E-state index contributed by atoms with van der Waals surface area (Å²) >= 11 is 5.86. The van der Waals surface area contributed by atoms with Crippen molar-refractivity contribution in [3.8, 4) is 5.75 Å². The van der Waals surface area contributed by atoms with Gasteiger partial charge in [-0.15, -0.1) is 0 Å². The quantitative estimate of drug-likeness (QED) is 0.763. The third kappa shape index (κ3) is 5.54. The van der Waals surface area contributed by atoms with E-state index in [1.807, 2.05) is 0 Å². The molecule has 0 aliphatic carbocycles. The van der Waals surface area contributed by atoms with E-state index in [1.54, 1.807) is 38.1 Å². The molecule has 0 aliphatic rings. The maximum atomic E-state index is 12.3. The van der Waals surface area contributed by atoms with E-state index in [9.17, 15) is 9.59 Å². The van der Waals surface area contributed by atoms with Gasteiger partial charge in [-0.3, -0.25) is 4.79 Å². The minimum atomic E-state index is -1.24. The number of aliphatic carboxylic acids is 1. The first-order valence-electron chi connectivity index (χ1n) is 6.73. The standard InChI is InChI=1S/C15H20ClNO5/c1-15(2,22-11-6-4-5-10(16)9-11)14(20)17-12(13(18)19)7-8-21-3/h4-6,9,12H,7-8H2,1-3H3,(H,17,20)(H,18,19). The third-order valence-corrected chi connectivity index (χ3v) is 3.17. The van der Waals surface area contributed by atoms with E-state index in [2.05, 4.69) is 5.32 Å². The summed E-state index contributed by atoms with van der Waals surface area (Å²) in [5, 5.41) is 12.0. The van der Waals surface area contributed by atoms with E-state index in [0.717, 1.165) is 0 Å². The highest BCUT2D eigenvalue weighted by Gasteiger charge is 2.33. The van der Waals surface area contributed by atoms with Crippen LogP contribution < -0.4 is 10.1 Å². The van der Waals surface area contributed by atoms with E-state index in [1.165, 1.54) is 7.11 Å². The van der Waals surface area contributed by atoms with E-state index in [-0.39, 0.29) is 13.0 Å². The number of benzene rings is 1. The van der Waals surface area contributed by atoms with Crippen LogP contribution in [-0.2, 0) is 14.3 Å². The van der Waals surface area contributed by atoms with Crippen molar-refractivity contribution in [3.05, 3.63) is 29.3 Å². The molecule has 0 radical (unpaired) electrons. The number of hydrogen-bond acceptors (Lipinski definition) is 4. The van der Waals surface area contributed by atoms with Gasteiger partial charge in [-0.1, -0.05) is 17.7 Å². The number of ether oxygens (including phenoxy) is 2. The number of halogens is 1. The topological polar surface area (TPSA) is 84.9 Å². The minimum Gasteiger partial charge on any atom is -0.480 e. The summed E-state index contributed by atoms with van der Waals surface area (Å²) in [6, 6.07) is 5.60. The second-order valence-corrected chi connectivity index (χ2v) is 5.65. The molecule has 122 valence electrons. The van der Waals surface area contributed by atoms with Crippen LogP contribution >= 0.6 is 11.6 Å². The molecule has 0 aliphatic heterocycles. The number of carbonyl (C=O) groups excluding carboxylic acids is 1. The lowest BCUT2D eigenvalue weighted by Gasteiger charge is -2.27. The fourth-order valence-electron chi connectivity index (χ4n) is 1.70. The number of methoxy groups -OCH3 is 1. The van der Waals surface area contributed by atoms with Gasteiger partial charge in [-0.25, -0.2) is 4.79 Å². The Labute approximate surface area is 134 Å². The molecule has 0 heterocycles. The second-order valence-electron chi connectivity index (χ2n) is 5.22. The molecular formula is C15H20ClNO5. The van der Waals surface area contributed by atoms with E-state index >= 15 is 0 Å². The molecule has 0 fully saturated rings. The lowest BCUT2D eigenvalue weighted by atomic mass is 10.1. The summed E-state index contributed by atoms with van der Waals surface area (Å²) in [6.45, 7) is 3.34. The zero-order chi connectivity index (χ0) is 16.8. The largest absolute Gasteiger partial charge is 0.480 e. The molecule has 0 saturated carbocycles. The number of rotatable bonds is 8. The third-order valence-electron chi connectivity index (χ3n) is 2.93. The summed E-state index contributed by atoms with van der Waals surface area (Å²) < 4.78 is 10.4. The van der Waals surface area contributed by atoms with Gasteiger partial charge in [0.05, 0.1) is 0 Å². The van der Waals surface area contributed by atoms with Crippen LogP contribution in [-0.4, -0.2) is 42.3 Å². The monoisotopic (exact) mass is 329 g/mol. The zero-order valence-corrected chi connectivity index (χ0v) is 13.5. The lowest BCUT2D eigenvalue weighted by Crippen LogP contribution is -2.52. The Kier molecular flexibility index (Phi) is 6.64. The van der Waals surface area contributed by atoms with Crippen LogP contribution in [0.15, 0.2) is 24.3 Å². The van der Waals surface area contributed by atoms with Crippen molar-refractivity contribution in [1.82, 2.24) is 5.32 Å². The molecule has 1 amide bonds. The number of carbonyl (C=O) groups is 2. The van der Waals surface area contributed by atoms with Crippen LogP contribution in [0.4, 0.5) is 0 Å². The van der Waals surface area contributed by atoms with Gasteiger partial charge in [-0.05, 0) is 32.0 Å². The fraction of sp³-hybridized carbons (Fsp3) is 0.467. The Balaban J connectivity index is 2.74. The van der Waals surface area contributed by atoms with Gasteiger partial charge in [0.2, 0.25) is 0 Å². The average Bonchev–Trinajstić information content (AvgIpc) is 2.42. The number of carboxylic acid groups (broad SMARTS) is 1. The van der Waals surface area contributed by atoms with E-state index in [4.69, 9.17) is 26.2 Å². The van der Waals surface area contributed by atoms with Gasteiger partial charge >= 0.3 is 5.97 Å². The predicted octanol–water partition coefficient (Wildman–Crippen LogP) is 2.10. The van der Waals surface area contributed by atoms with Crippen LogP contribution in [0.1, 0.15) is 20.3 Å². The Morgan fingerprint density at radius 2 is 2.09 bits per heavy atom. The van der Waals surface area contributed by atoms with Crippen molar-refractivity contribution < 1.29 is 24.2 Å². The fourth-order valence-corrected chi connectivity index (χ4v) is 1.88. The Bertz CT molecular complexity index is 532. The maximum absolute atomic E-state index is 12.3. The number of nitrogens with one attached hydrogen (secondary N) is 1. The van der Waals surface area contributed by atoms with Gasteiger partial charge in [0.1, 0.15) is 11.8 Å². The smallest absolute Gasteiger partial charge is 0.326 e. The van der Waals surface area contributed by atoms with Gasteiger partial charge in [-0.2, -0.15) is 0 Å². The number of amides is 1. The van der Waals surface area contributed by atoms with Crippen LogP contribution in [0.5, 0.6) is 5.75 Å². The number of carboxylic acids is 1. The highest BCUT2D eigenvalue weighted by atomic mass is 35.5. The number of hydrogen-bond donors (Lipinski definition) is 2. The van der Waals surface area contributed by atoms with Gasteiger partial charge < -0.3 is 19.9 Å². The first kappa shape index (κ1) is 18.3. The van der Waals surface area contributed by atoms with Crippen molar-refractivity contribution in [3.63, 3.8) is 0 Å². The Morgan fingerprint density at radius 3 is 2.64 bits per heavy atom. The van der Waals surface area contributed by atoms with Crippen LogP contribution in [0.3, 0.4) is 0 Å². The summed E-state index contributed by atoms with van der Waals surface area (Å²) in [4.78, 5) is 23.4. The highest BCUT2D eigenvalue weighted by molar-refractivity contribution is 6.30. The van der Waals surface area contributed by atoms with E-state index < -0.39 is 23.5 Å². The van der Waals surface area contributed by atoms with Crippen LogP contribution in [0, 0.1) is 0 Å². The van der Waals surface area contributed by atoms with Gasteiger partial charge in [0.15, 0.2) is 5.60 Å². The molecule has 6 nitrogen and oxygen atoms in total. The van der Waals surface area contributed by atoms with Crippen molar-refractivity contribution >= 4 is 23.5 Å². The summed E-state index contributed by atoms with van der Waals surface area (Å²) in [7, 11) is 1.47. The van der Waals surface area contributed by atoms with Crippen molar-refractivity contribution in [2.45, 2.75) is 31.9 Å². The minimum absolute atomic E-state index is 0.171. The highest BCUT2D eigenvalue weighted by Crippen LogP contribution is 2.22. The Hall–Kier alpha value is -1.79. The van der Waals surface area contributed by atoms with Crippen molar-refractivity contribution in [2.75, 3.05) is 13.7 Å². The molecule has 1 unspecified atom stereocenters. The lowest BCUT2D eigenvalue weighted by molar-refractivity contribution is -0.145. The molecule has 1 aromatic rings. The molecule has 1 atom stereocenters. The van der Waals surface area contributed by atoms with Crippen molar-refractivity contribution in [1.29, 1.82) is 0 Å². The molecule has 0 spiro atoms. The SMILES string of the molecule is COCCC(NC(=O)C(C)(C)Oc1cccc(Cl)c1)C(=O)O. The summed E-state index contributed by atoms with van der Waals surface area (Å²) in [5.74, 6) is -1.23. The summed E-state index contributed by atoms with van der Waals surface area (Å²) in [5.41, 5.74) is -1.24. The summed E-state index contributed by atoms with van der Waals surface area (Å²) in [6.07, 6.45) is 0.171. The first-order valence-corrected chi connectivity index (χ1v) is 7.11. The van der Waals surface area contributed by atoms with Crippen LogP contribution in [0.25, 0.3) is 0 Å². The van der Waals surface area contributed by atoms with Crippen LogP contribution in [0.2, 0.25) is 5.02 Å². The predicted molar refractivity (Wildman–Crippen MR) is 82.2 cm³/mol.